The van der Waals surface area contributed by atoms with E-state index >= 15 is 0 Å². The maximum absolute atomic E-state index is 10.2. The molecule has 4 rings (SSSR count). The molecule has 0 saturated heterocycles. The van der Waals surface area contributed by atoms with Crippen LogP contribution < -0.4 is 10.9 Å². The fraction of sp³-hybridized carbons (Fsp3) is 0.0370. The molecule has 0 radical (unpaired) electrons. The van der Waals surface area contributed by atoms with Crippen LogP contribution in [0.5, 0.6) is 11.5 Å². The summed E-state index contributed by atoms with van der Waals surface area (Å²) in [6, 6.07) is 30.0. The third-order valence-corrected chi connectivity index (χ3v) is 4.93. The average Bonchev–Trinajstić information content (AvgIpc) is 2.84. The Balaban J connectivity index is 1.45. The summed E-state index contributed by atoms with van der Waals surface area (Å²) in [6.45, 7) is 0. The van der Waals surface area contributed by atoms with Gasteiger partial charge in [0.05, 0.1) is 23.8 Å². The third-order valence-electron chi connectivity index (χ3n) is 4.93. The number of para-hydroxylation sites is 2. The standard InChI is InChI=1S/C27H24N4O2/c32-26-13-11-20(16-22(26)18-28-30-24-7-3-1-4-8-24)15-21-12-14-27(33)23(17-21)19-29-31-25-9-5-2-6-10-25/h1-14,16-19,30-33H,15H2/b28-18-,29-19-. The molecule has 164 valence electrons. The summed E-state index contributed by atoms with van der Waals surface area (Å²) in [6.07, 6.45) is 3.81. The van der Waals surface area contributed by atoms with Crippen molar-refractivity contribution in [1.82, 2.24) is 0 Å². The van der Waals surface area contributed by atoms with Crippen LogP contribution in [0, 0.1) is 0 Å². The number of hydrogen-bond donors (Lipinski definition) is 4. The van der Waals surface area contributed by atoms with Crippen molar-refractivity contribution in [2.45, 2.75) is 6.42 Å². The van der Waals surface area contributed by atoms with Crippen LogP contribution in [0.4, 0.5) is 11.4 Å². The second-order valence-corrected chi connectivity index (χ2v) is 7.44. The second kappa shape index (κ2) is 10.6. The molecule has 0 aromatic heterocycles. The number of aromatic hydroxyl groups is 2. The van der Waals surface area contributed by atoms with E-state index in [1.165, 1.54) is 0 Å². The Morgan fingerprint density at radius 2 is 1.00 bits per heavy atom. The number of phenols is 2. The largest absolute Gasteiger partial charge is 0.507 e. The molecule has 0 fully saturated rings. The van der Waals surface area contributed by atoms with Crippen molar-refractivity contribution in [3.8, 4) is 11.5 Å². The fourth-order valence-corrected chi connectivity index (χ4v) is 3.25. The number of nitrogens with one attached hydrogen (secondary N) is 2. The zero-order valence-corrected chi connectivity index (χ0v) is 17.9. The van der Waals surface area contributed by atoms with Gasteiger partial charge in [-0.1, -0.05) is 48.5 Å². The van der Waals surface area contributed by atoms with E-state index in [-0.39, 0.29) is 11.5 Å². The summed E-state index contributed by atoms with van der Waals surface area (Å²) >= 11 is 0. The van der Waals surface area contributed by atoms with E-state index in [9.17, 15) is 10.2 Å². The van der Waals surface area contributed by atoms with Gasteiger partial charge in [-0.3, -0.25) is 10.9 Å². The minimum Gasteiger partial charge on any atom is -0.507 e. The lowest BCUT2D eigenvalue weighted by molar-refractivity contribution is 0.474. The van der Waals surface area contributed by atoms with Crippen molar-refractivity contribution in [1.29, 1.82) is 0 Å². The highest BCUT2D eigenvalue weighted by Gasteiger charge is 2.05. The van der Waals surface area contributed by atoms with Gasteiger partial charge in [-0.15, -0.1) is 0 Å². The molecule has 4 aromatic carbocycles. The van der Waals surface area contributed by atoms with Gasteiger partial charge in [-0.25, -0.2) is 0 Å². The minimum atomic E-state index is 0.155. The molecule has 0 aliphatic heterocycles. The Kier molecular flexibility index (Phi) is 6.98. The zero-order valence-electron chi connectivity index (χ0n) is 17.9. The van der Waals surface area contributed by atoms with Crippen molar-refractivity contribution >= 4 is 23.8 Å². The van der Waals surface area contributed by atoms with Gasteiger partial charge in [0.2, 0.25) is 0 Å². The summed E-state index contributed by atoms with van der Waals surface area (Å²) in [5, 5.41) is 28.8. The number of phenolic OH excluding ortho intramolecular Hbond substituents is 2. The normalized spacial score (nSPS) is 11.2. The molecule has 4 N–H and O–H groups in total. The number of hydrogen-bond acceptors (Lipinski definition) is 6. The molecule has 0 unspecified atom stereocenters. The highest BCUT2D eigenvalue weighted by atomic mass is 16.3. The number of benzene rings is 4. The van der Waals surface area contributed by atoms with Crippen LogP contribution >= 0.6 is 0 Å². The first kappa shape index (κ1) is 21.6. The van der Waals surface area contributed by atoms with Crippen molar-refractivity contribution in [2.24, 2.45) is 10.2 Å². The number of hydrazone groups is 2. The molecule has 0 atom stereocenters. The molecule has 0 spiro atoms. The van der Waals surface area contributed by atoms with Gasteiger partial charge in [0, 0.05) is 11.1 Å². The Morgan fingerprint density at radius 3 is 1.42 bits per heavy atom. The monoisotopic (exact) mass is 436 g/mol. The van der Waals surface area contributed by atoms with Gasteiger partial charge >= 0.3 is 0 Å². The zero-order chi connectivity index (χ0) is 22.9. The van der Waals surface area contributed by atoms with Crippen LogP contribution in [0.2, 0.25) is 0 Å². The molecular formula is C27H24N4O2. The fourth-order valence-electron chi connectivity index (χ4n) is 3.25. The van der Waals surface area contributed by atoms with E-state index in [2.05, 4.69) is 21.1 Å². The molecule has 0 bridgehead atoms. The summed E-state index contributed by atoms with van der Waals surface area (Å²) in [7, 11) is 0. The highest BCUT2D eigenvalue weighted by Crippen LogP contribution is 2.22. The SMILES string of the molecule is Oc1ccc(Cc2ccc(O)c(/C=N\Nc3ccccc3)c2)cc1/C=N\Nc1ccccc1. The van der Waals surface area contributed by atoms with Crippen molar-refractivity contribution in [3.63, 3.8) is 0 Å². The smallest absolute Gasteiger partial charge is 0.124 e. The summed E-state index contributed by atoms with van der Waals surface area (Å²) in [5.74, 6) is 0.311. The Morgan fingerprint density at radius 1 is 0.576 bits per heavy atom. The second-order valence-electron chi connectivity index (χ2n) is 7.44. The molecule has 33 heavy (non-hydrogen) atoms. The maximum Gasteiger partial charge on any atom is 0.124 e. The van der Waals surface area contributed by atoms with Crippen molar-refractivity contribution in [3.05, 3.63) is 119 Å². The van der Waals surface area contributed by atoms with E-state index < -0.39 is 0 Å². The van der Waals surface area contributed by atoms with Crippen LogP contribution in [0.25, 0.3) is 0 Å². The first-order valence-corrected chi connectivity index (χ1v) is 10.5. The van der Waals surface area contributed by atoms with E-state index in [4.69, 9.17) is 0 Å². The molecule has 0 aliphatic carbocycles. The van der Waals surface area contributed by atoms with E-state index in [0.717, 1.165) is 22.5 Å². The predicted molar refractivity (Wildman–Crippen MR) is 134 cm³/mol. The number of anilines is 2. The van der Waals surface area contributed by atoms with Crippen LogP contribution in [0.15, 0.2) is 107 Å². The van der Waals surface area contributed by atoms with Gasteiger partial charge in [0.15, 0.2) is 0 Å². The topological polar surface area (TPSA) is 89.2 Å². The Labute approximate surface area is 192 Å². The molecule has 0 heterocycles. The van der Waals surface area contributed by atoms with Gasteiger partial charge in [-0.2, -0.15) is 10.2 Å². The Hall–Kier alpha value is -4.58. The highest BCUT2D eigenvalue weighted by molar-refractivity contribution is 5.85. The average molecular weight is 437 g/mol. The predicted octanol–water partition coefficient (Wildman–Crippen LogP) is 5.58. The minimum absolute atomic E-state index is 0.155. The van der Waals surface area contributed by atoms with E-state index in [0.29, 0.717) is 17.5 Å². The lowest BCUT2D eigenvalue weighted by Gasteiger charge is -2.07. The Bertz CT molecular complexity index is 1160. The van der Waals surface area contributed by atoms with Gasteiger partial charge in [-0.05, 0) is 66.1 Å². The van der Waals surface area contributed by atoms with E-state index in [1.54, 1.807) is 24.6 Å². The summed E-state index contributed by atoms with van der Waals surface area (Å²) in [5.41, 5.74) is 10.9. The summed E-state index contributed by atoms with van der Waals surface area (Å²) < 4.78 is 0. The van der Waals surface area contributed by atoms with Crippen LogP contribution in [-0.2, 0) is 6.42 Å². The molecule has 6 heteroatoms. The lowest BCUT2D eigenvalue weighted by atomic mass is 10.0. The van der Waals surface area contributed by atoms with Crippen molar-refractivity contribution in [2.75, 3.05) is 10.9 Å². The van der Waals surface area contributed by atoms with Gasteiger partial charge in [0.1, 0.15) is 11.5 Å². The molecular weight excluding hydrogens is 412 g/mol. The summed E-state index contributed by atoms with van der Waals surface area (Å²) in [4.78, 5) is 0. The van der Waals surface area contributed by atoms with Crippen LogP contribution in [0.1, 0.15) is 22.3 Å². The lowest BCUT2D eigenvalue weighted by Crippen LogP contribution is -1.95. The van der Waals surface area contributed by atoms with Crippen LogP contribution in [-0.4, -0.2) is 22.6 Å². The van der Waals surface area contributed by atoms with Crippen LogP contribution in [0.3, 0.4) is 0 Å². The van der Waals surface area contributed by atoms with Gasteiger partial charge < -0.3 is 10.2 Å². The molecule has 6 nitrogen and oxygen atoms in total. The molecule has 0 aliphatic rings. The third kappa shape index (κ3) is 6.21. The number of rotatable bonds is 8. The molecule has 4 aromatic rings. The van der Waals surface area contributed by atoms with E-state index in [1.807, 2.05) is 84.9 Å². The van der Waals surface area contributed by atoms with Gasteiger partial charge in [0.25, 0.3) is 0 Å². The quantitative estimate of drug-likeness (QED) is 0.214. The molecule has 0 saturated carbocycles. The first-order chi connectivity index (χ1) is 16.2. The number of nitrogens with zero attached hydrogens (tertiary/aromatic N) is 2. The van der Waals surface area contributed by atoms with Crippen molar-refractivity contribution < 1.29 is 10.2 Å². The first-order valence-electron chi connectivity index (χ1n) is 10.5. The molecule has 0 amide bonds. The maximum atomic E-state index is 10.2.